The van der Waals surface area contributed by atoms with Crippen LogP contribution in [0.3, 0.4) is 0 Å². The molecule has 4 rings (SSSR count). The Kier molecular flexibility index (Phi) is 5.38. The van der Waals surface area contributed by atoms with Crippen LogP contribution in [0, 0.1) is 11.7 Å². The Bertz CT molecular complexity index is 863. The Morgan fingerprint density at radius 3 is 2.68 bits per heavy atom. The Hall–Kier alpha value is -2.74. The van der Waals surface area contributed by atoms with Crippen LogP contribution in [0.15, 0.2) is 34.9 Å². The summed E-state index contributed by atoms with van der Waals surface area (Å²) in [6.07, 6.45) is 1.52. The highest BCUT2D eigenvalue weighted by atomic mass is 19.1. The first-order valence-corrected chi connectivity index (χ1v) is 9.51. The van der Waals surface area contributed by atoms with E-state index in [0.29, 0.717) is 39.4 Å². The molecule has 2 aliphatic rings. The highest BCUT2D eigenvalue weighted by molar-refractivity contribution is 5.93. The summed E-state index contributed by atoms with van der Waals surface area (Å²) in [5.41, 5.74) is 0.380. The van der Waals surface area contributed by atoms with Crippen LogP contribution >= 0.6 is 0 Å². The third kappa shape index (κ3) is 3.77. The fourth-order valence-corrected chi connectivity index (χ4v) is 3.73. The molecular weight excluding hydrogens is 365 g/mol. The van der Waals surface area contributed by atoms with Gasteiger partial charge in [-0.25, -0.2) is 4.39 Å². The van der Waals surface area contributed by atoms with Crippen LogP contribution in [0.2, 0.25) is 0 Å². The molecule has 0 saturated carbocycles. The molecule has 1 atom stereocenters. The summed E-state index contributed by atoms with van der Waals surface area (Å²) in [5.74, 6) is -0.668. The molecule has 7 nitrogen and oxygen atoms in total. The van der Waals surface area contributed by atoms with E-state index in [1.165, 1.54) is 12.1 Å². The van der Waals surface area contributed by atoms with E-state index < -0.39 is 5.82 Å². The molecule has 3 heterocycles. The molecule has 0 N–H and O–H groups in total. The summed E-state index contributed by atoms with van der Waals surface area (Å²) in [5, 5.41) is 3.82. The van der Waals surface area contributed by atoms with Crippen LogP contribution in [-0.4, -0.2) is 66.2 Å². The molecule has 0 aliphatic carbocycles. The monoisotopic (exact) mass is 387 g/mol. The normalized spacial score (nSPS) is 20.2. The van der Waals surface area contributed by atoms with Crippen LogP contribution in [0.1, 0.15) is 23.3 Å². The van der Waals surface area contributed by atoms with Gasteiger partial charge in [-0.05, 0) is 25.0 Å². The summed E-state index contributed by atoms with van der Waals surface area (Å²) in [6.45, 7) is 3.22. The van der Waals surface area contributed by atoms with E-state index in [2.05, 4.69) is 5.16 Å². The lowest BCUT2D eigenvalue weighted by molar-refractivity contribution is -0.141. The first kappa shape index (κ1) is 18.6. The van der Waals surface area contributed by atoms with Gasteiger partial charge in [-0.15, -0.1) is 0 Å². The van der Waals surface area contributed by atoms with Gasteiger partial charge in [0.2, 0.25) is 5.91 Å². The van der Waals surface area contributed by atoms with Crippen molar-refractivity contribution in [1.82, 2.24) is 15.0 Å². The van der Waals surface area contributed by atoms with Gasteiger partial charge in [-0.2, -0.15) is 0 Å². The third-order valence-electron chi connectivity index (χ3n) is 5.25. The standard InChI is InChI=1S/C20H22FN3O4/c21-16-6-2-1-5-15(16)18-12-17(22-28-18)20(26)24-7-3-4-14(13-24)19(25)23-8-10-27-11-9-23/h1-2,5-6,12,14H,3-4,7-11,13H2. The SMILES string of the molecule is O=C(c1cc(-c2ccccc2F)on1)N1CCCC(C(=O)N2CCOCC2)C1. The predicted molar refractivity (Wildman–Crippen MR) is 97.9 cm³/mol. The zero-order valence-corrected chi connectivity index (χ0v) is 15.5. The molecule has 1 unspecified atom stereocenters. The molecular formula is C20H22FN3O4. The lowest BCUT2D eigenvalue weighted by Gasteiger charge is -2.35. The van der Waals surface area contributed by atoms with E-state index in [1.807, 2.05) is 4.90 Å². The number of amides is 2. The van der Waals surface area contributed by atoms with Gasteiger partial charge in [0.15, 0.2) is 11.5 Å². The second-order valence-corrected chi connectivity index (χ2v) is 7.08. The maximum Gasteiger partial charge on any atom is 0.276 e. The number of carbonyl (C=O) groups excluding carboxylic acids is 2. The molecule has 1 aromatic carbocycles. The zero-order chi connectivity index (χ0) is 19.5. The van der Waals surface area contributed by atoms with Gasteiger partial charge in [0.05, 0.1) is 24.7 Å². The van der Waals surface area contributed by atoms with Crippen molar-refractivity contribution in [3.05, 3.63) is 41.8 Å². The summed E-state index contributed by atoms with van der Waals surface area (Å²) in [6, 6.07) is 7.62. The van der Waals surface area contributed by atoms with Crippen molar-refractivity contribution in [2.75, 3.05) is 39.4 Å². The number of benzene rings is 1. The number of carbonyl (C=O) groups is 2. The summed E-state index contributed by atoms with van der Waals surface area (Å²) >= 11 is 0. The molecule has 2 saturated heterocycles. The maximum atomic E-state index is 13.9. The maximum absolute atomic E-state index is 13.9. The van der Waals surface area contributed by atoms with Crippen molar-refractivity contribution in [1.29, 1.82) is 0 Å². The second kappa shape index (κ2) is 8.10. The van der Waals surface area contributed by atoms with Gasteiger partial charge in [-0.3, -0.25) is 9.59 Å². The number of likely N-dealkylation sites (tertiary alicyclic amines) is 1. The number of hydrogen-bond acceptors (Lipinski definition) is 5. The van der Waals surface area contributed by atoms with Gasteiger partial charge in [0.1, 0.15) is 5.82 Å². The van der Waals surface area contributed by atoms with E-state index in [4.69, 9.17) is 9.26 Å². The Morgan fingerprint density at radius 2 is 1.89 bits per heavy atom. The molecule has 8 heteroatoms. The number of aromatic nitrogens is 1. The topological polar surface area (TPSA) is 75.9 Å². The quantitative estimate of drug-likeness (QED) is 0.807. The van der Waals surface area contributed by atoms with Gasteiger partial charge >= 0.3 is 0 Å². The molecule has 0 bridgehead atoms. The third-order valence-corrected chi connectivity index (χ3v) is 5.25. The van der Waals surface area contributed by atoms with E-state index in [-0.39, 0.29) is 34.7 Å². The molecule has 0 radical (unpaired) electrons. The smallest absolute Gasteiger partial charge is 0.276 e. The van der Waals surface area contributed by atoms with Crippen LogP contribution in [-0.2, 0) is 9.53 Å². The number of morpholine rings is 1. The van der Waals surface area contributed by atoms with Gasteiger partial charge in [-0.1, -0.05) is 17.3 Å². The molecule has 1 aromatic heterocycles. The number of halogens is 1. The minimum Gasteiger partial charge on any atom is -0.378 e. The molecule has 28 heavy (non-hydrogen) atoms. The van der Waals surface area contributed by atoms with Gasteiger partial charge in [0, 0.05) is 32.2 Å². The van der Waals surface area contributed by atoms with Crippen molar-refractivity contribution in [2.24, 2.45) is 5.92 Å². The van der Waals surface area contributed by atoms with Crippen LogP contribution in [0.4, 0.5) is 4.39 Å². The number of hydrogen-bond donors (Lipinski definition) is 0. The fraction of sp³-hybridized carbons (Fsp3) is 0.450. The highest BCUT2D eigenvalue weighted by Gasteiger charge is 2.33. The van der Waals surface area contributed by atoms with Gasteiger partial charge < -0.3 is 19.1 Å². The summed E-state index contributed by atoms with van der Waals surface area (Å²) in [4.78, 5) is 29.0. The molecule has 0 spiro atoms. The predicted octanol–water partition coefficient (Wildman–Crippen LogP) is 2.19. The molecule has 148 valence electrons. The Labute approximate surface area is 162 Å². The molecule has 2 aromatic rings. The fourth-order valence-electron chi connectivity index (χ4n) is 3.73. The van der Waals surface area contributed by atoms with Crippen molar-refractivity contribution >= 4 is 11.8 Å². The van der Waals surface area contributed by atoms with Crippen molar-refractivity contribution in [3.63, 3.8) is 0 Å². The molecule has 2 aliphatic heterocycles. The van der Waals surface area contributed by atoms with E-state index >= 15 is 0 Å². The van der Waals surface area contributed by atoms with E-state index in [9.17, 15) is 14.0 Å². The van der Waals surface area contributed by atoms with Crippen LogP contribution in [0.25, 0.3) is 11.3 Å². The first-order chi connectivity index (χ1) is 13.6. The van der Waals surface area contributed by atoms with Crippen molar-refractivity contribution in [3.8, 4) is 11.3 Å². The van der Waals surface area contributed by atoms with Crippen molar-refractivity contribution < 1.29 is 23.2 Å². The van der Waals surface area contributed by atoms with Crippen LogP contribution in [0.5, 0.6) is 0 Å². The van der Waals surface area contributed by atoms with Crippen molar-refractivity contribution in [2.45, 2.75) is 12.8 Å². The Balaban J connectivity index is 1.45. The summed E-state index contributed by atoms with van der Waals surface area (Å²) < 4.78 is 24.4. The van der Waals surface area contributed by atoms with Crippen LogP contribution < -0.4 is 0 Å². The lowest BCUT2D eigenvalue weighted by atomic mass is 9.96. The number of rotatable bonds is 3. The summed E-state index contributed by atoms with van der Waals surface area (Å²) in [7, 11) is 0. The van der Waals surface area contributed by atoms with E-state index in [1.54, 1.807) is 23.1 Å². The Morgan fingerprint density at radius 1 is 1.11 bits per heavy atom. The molecule has 2 fully saturated rings. The average molecular weight is 387 g/mol. The van der Waals surface area contributed by atoms with E-state index in [0.717, 1.165) is 12.8 Å². The number of nitrogens with zero attached hydrogens (tertiary/aromatic N) is 3. The zero-order valence-electron chi connectivity index (χ0n) is 15.5. The number of piperidine rings is 1. The highest BCUT2D eigenvalue weighted by Crippen LogP contribution is 2.25. The average Bonchev–Trinajstić information content (AvgIpc) is 3.23. The minimum atomic E-state index is -0.438. The second-order valence-electron chi connectivity index (χ2n) is 7.08. The van der Waals surface area contributed by atoms with Gasteiger partial charge in [0.25, 0.3) is 5.91 Å². The lowest BCUT2D eigenvalue weighted by Crippen LogP contribution is -2.49. The number of ether oxygens (including phenoxy) is 1. The largest absolute Gasteiger partial charge is 0.378 e. The molecule has 2 amide bonds. The first-order valence-electron chi connectivity index (χ1n) is 9.51. The minimum absolute atomic E-state index is 0.0769.